The van der Waals surface area contributed by atoms with Gasteiger partial charge in [-0.05, 0) is 124 Å². The number of oxazole rings is 2. The van der Waals surface area contributed by atoms with Gasteiger partial charge in [-0.1, -0.05) is 120 Å². The molecule has 5 aromatic heterocycles. The van der Waals surface area contributed by atoms with E-state index in [1.165, 1.54) is 27.8 Å². The highest BCUT2D eigenvalue weighted by molar-refractivity contribution is 5.24. The second-order valence-electron chi connectivity index (χ2n) is 16.7. The van der Waals surface area contributed by atoms with Crippen molar-refractivity contribution in [2.75, 3.05) is 0 Å². The Labute approximate surface area is 360 Å². The van der Waals surface area contributed by atoms with Crippen molar-refractivity contribution >= 4 is 0 Å². The van der Waals surface area contributed by atoms with Gasteiger partial charge < -0.3 is 8.83 Å². The molecule has 324 valence electrons. The molecule has 0 spiro atoms. The van der Waals surface area contributed by atoms with Gasteiger partial charge in [0, 0.05) is 47.5 Å². The maximum Gasteiger partial charge on any atom is 0.196 e. The first-order chi connectivity index (χ1) is 27.2. The number of aryl methyl sites for hydroxylation is 6. The number of nitrogens with zero attached hydrogens (tertiary/aromatic N) is 5. The Morgan fingerprint density at radius 2 is 0.678 bits per heavy atom. The summed E-state index contributed by atoms with van der Waals surface area (Å²) in [7, 11) is 0. The zero-order chi connectivity index (χ0) is 43.9. The van der Waals surface area contributed by atoms with Gasteiger partial charge in [0.15, 0.2) is 11.8 Å². The van der Waals surface area contributed by atoms with E-state index in [1.807, 2.05) is 53.2 Å². The van der Waals surface area contributed by atoms with Crippen molar-refractivity contribution in [3.05, 3.63) is 160 Å². The number of rotatable bonds is 6. The maximum absolute atomic E-state index is 5.23. The Morgan fingerprint density at radius 3 is 0.847 bits per heavy atom. The molecule has 0 N–H and O–H groups in total. The monoisotopic (exact) mass is 806 g/mol. The molecule has 59 heavy (non-hydrogen) atoms. The highest BCUT2D eigenvalue weighted by Crippen LogP contribution is 2.17. The molecular weight excluding hydrogens is 727 g/mol. The van der Waals surface area contributed by atoms with Crippen LogP contribution in [0.5, 0.6) is 0 Å². The lowest BCUT2D eigenvalue weighted by atomic mass is 10.0. The lowest BCUT2D eigenvalue weighted by Gasteiger charge is -2.04. The first-order valence-corrected chi connectivity index (χ1v) is 20.9. The smallest absolute Gasteiger partial charge is 0.196 e. The molecule has 7 nitrogen and oxygen atoms in total. The summed E-state index contributed by atoms with van der Waals surface area (Å²) in [5, 5.41) is 0. The third kappa shape index (κ3) is 23.3. The normalized spacial score (nSPS) is 10.3. The molecule has 0 saturated heterocycles. The summed E-state index contributed by atoms with van der Waals surface area (Å²) in [6.45, 7) is 37.8. The zero-order valence-corrected chi connectivity index (χ0v) is 39.2. The first kappa shape index (κ1) is 54.1. The van der Waals surface area contributed by atoms with Crippen LogP contribution in [0.3, 0.4) is 0 Å². The molecule has 0 amide bonds. The van der Waals surface area contributed by atoms with Gasteiger partial charge in [-0.3, -0.25) is 15.0 Å². The number of aromatic nitrogens is 5. The quantitative estimate of drug-likeness (QED) is 0.165. The van der Waals surface area contributed by atoms with E-state index in [9.17, 15) is 0 Å². The predicted octanol–water partition coefficient (Wildman–Crippen LogP) is 15.5. The van der Waals surface area contributed by atoms with Gasteiger partial charge in [0.2, 0.25) is 0 Å². The van der Waals surface area contributed by atoms with Crippen molar-refractivity contribution in [3.63, 3.8) is 0 Å². The molecule has 0 aliphatic carbocycles. The largest absolute Gasteiger partial charge is 0.446 e. The predicted molar refractivity (Wildman–Crippen MR) is 252 cm³/mol. The van der Waals surface area contributed by atoms with Crippen LogP contribution in [0.4, 0.5) is 0 Å². The van der Waals surface area contributed by atoms with Crippen LogP contribution in [0.25, 0.3) is 0 Å². The number of pyridine rings is 3. The summed E-state index contributed by atoms with van der Waals surface area (Å²) < 4.78 is 10.5. The van der Waals surface area contributed by atoms with E-state index < -0.39 is 0 Å². The maximum atomic E-state index is 5.23. The van der Waals surface area contributed by atoms with Gasteiger partial charge in [0.25, 0.3) is 0 Å². The van der Waals surface area contributed by atoms with Crippen molar-refractivity contribution in [2.45, 2.75) is 168 Å². The number of hydrogen-bond donors (Lipinski definition) is 0. The molecular formula is C52H79N5O2. The SMILES string of the molecule is C.Cc1cc(C(C)C)ccn1.Cc1cc(C(C)C)ccn1.Cc1cc(C(C)C)ccn1.Cc1cccc(C(C)C)c1.Cc1cnc(C(C)C)o1.Cc1cnc(C(C)C)o1. The number of benzene rings is 1. The second kappa shape index (κ2) is 28.5. The third-order valence-electron chi connectivity index (χ3n) is 8.74. The van der Waals surface area contributed by atoms with Crippen LogP contribution in [0.2, 0.25) is 0 Å². The summed E-state index contributed by atoms with van der Waals surface area (Å²) in [6, 6.07) is 21.3. The lowest BCUT2D eigenvalue weighted by molar-refractivity contribution is 0.450. The summed E-state index contributed by atoms with van der Waals surface area (Å²) in [5.41, 5.74) is 10.2. The van der Waals surface area contributed by atoms with Gasteiger partial charge in [-0.25, -0.2) is 9.97 Å². The fraction of sp³-hybridized carbons (Fsp3) is 0.481. The van der Waals surface area contributed by atoms with E-state index in [2.05, 4.69) is 176 Å². The lowest BCUT2D eigenvalue weighted by Crippen LogP contribution is -1.88. The number of hydrogen-bond acceptors (Lipinski definition) is 7. The molecule has 1 aromatic carbocycles. The molecule has 7 heteroatoms. The minimum Gasteiger partial charge on any atom is -0.446 e. The topological polar surface area (TPSA) is 90.7 Å². The average molecular weight is 806 g/mol. The van der Waals surface area contributed by atoms with E-state index in [-0.39, 0.29) is 7.43 Å². The van der Waals surface area contributed by atoms with Crippen LogP contribution < -0.4 is 0 Å². The molecule has 0 bridgehead atoms. The van der Waals surface area contributed by atoms with Crippen molar-refractivity contribution in [1.29, 1.82) is 0 Å². The highest BCUT2D eigenvalue weighted by atomic mass is 16.4. The van der Waals surface area contributed by atoms with Gasteiger partial charge >= 0.3 is 0 Å². The Hall–Kier alpha value is -4.91. The van der Waals surface area contributed by atoms with Crippen molar-refractivity contribution in [2.24, 2.45) is 0 Å². The van der Waals surface area contributed by atoms with Crippen LogP contribution in [-0.4, -0.2) is 24.9 Å². The minimum absolute atomic E-state index is 0. The molecule has 5 heterocycles. The molecule has 0 radical (unpaired) electrons. The van der Waals surface area contributed by atoms with Gasteiger partial charge in [0.05, 0.1) is 12.4 Å². The van der Waals surface area contributed by atoms with E-state index in [0.717, 1.165) is 40.4 Å². The van der Waals surface area contributed by atoms with Crippen LogP contribution in [0, 0.1) is 41.5 Å². The zero-order valence-electron chi connectivity index (χ0n) is 39.2. The molecule has 6 rings (SSSR count). The Bertz CT molecular complexity index is 1740. The molecule has 0 fully saturated rings. The highest BCUT2D eigenvalue weighted by Gasteiger charge is 2.05. The molecule has 0 atom stereocenters. The Balaban J connectivity index is 0.000000682. The van der Waals surface area contributed by atoms with E-state index in [0.29, 0.717) is 35.5 Å². The molecule has 0 unspecified atom stereocenters. The fourth-order valence-corrected chi connectivity index (χ4v) is 5.09. The Morgan fingerprint density at radius 1 is 0.373 bits per heavy atom. The summed E-state index contributed by atoms with van der Waals surface area (Å²) >= 11 is 0. The molecule has 0 aliphatic heterocycles. The molecule has 6 aromatic rings. The second-order valence-corrected chi connectivity index (χ2v) is 16.7. The van der Waals surface area contributed by atoms with Crippen LogP contribution in [0.15, 0.2) is 100 Å². The van der Waals surface area contributed by atoms with Gasteiger partial charge in [0.1, 0.15) is 11.5 Å². The van der Waals surface area contributed by atoms with Gasteiger partial charge in [-0.15, -0.1) is 0 Å². The first-order valence-electron chi connectivity index (χ1n) is 20.9. The summed E-state index contributed by atoms with van der Waals surface area (Å²) in [6.07, 6.45) is 9.09. The van der Waals surface area contributed by atoms with Crippen molar-refractivity contribution < 1.29 is 8.83 Å². The fourth-order valence-electron chi connectivity index (χ4n) is 5.09. The summed E-state index contributed by atoms with van der Waals surface area (Å²) in [5.74, 6) is 6.72. The summed E-state index contributed by atoms with van der Waals surface area (Å²) in [4.78, 5) is 20.5. The van der Waals surface area contributed by atoms with E-state index in [4.69, 9.17) is 8.83 Å². The van der Waals surface area contributed by atoms with E-state index >= 15 is 0 Å². The molecule has 0 saturated carbocycles. The molecule has 0 aliphatic rings. The minimum atomic E-state index is 0. The van der Waals surface area contributed by atoms with Crippen LogP contribution in [0.1, 0.15) is 194 Å². The van der Waals surface area contributed by atoms with Crippen molar-refractivity contribution in [3.8, 4) is 0 Å². The van der Waals surface area contributed by atoms with Gasteiger partial charge in [-0.2, -0.15) is 0 Å². The van der Waals surface area contributed by atoms with Crippen LogP contribution >= 0.6 is 0 Å². The Kier molecular flexibility index (Phi) is 26.1. The standard InChI is InChI=1S/C10H14.3C9H13N.2C7H11NO.CH4/c1-8(2)10-6-4-5-9(3)7-10;3*1-7(2)9-4-5-10-8(3)6-9;2*1-5(2)7-8-4-6(3)9-7;/h4-8H,1-3H3;3*4-7H,1-3H3;2*4-5H,1-3H3;1H4. The van der Waals surface area contributed by atoms with Crippen molar-refractivity contribution in [1.82, 2.24) is 24.9 Å². The van der Waals surface area contributed by atoms with E-state index in [1.54, 1.807) is 12.4 Å². The van der Waals surface area contributed by atoms with Crippen LogP contribution in [-0.2, 0) is 0 Å². The average Bonchev–Trinajstić information content (AvgIpc) is 3.81. The third-order valence-corrected chi connectivity index (χ3v) is 8.74.